The van der Waals surface area contributed by atoms with Gasteiger partial charge in [-0.3, -0.25) is 9.79 Å². The molecule has 202 valence electrons. The molecule has 0 aliphatic rings. The van der Waals surface area contributed by atoms with Crippen LogP contribution in [0.25, 0.3) is 0 Å². The molecule has 0 saturated carbocycles. The van der Waals surface area contributed by atoms with E-state index in [4.69, 9.17) is 42.8 Å². The van der Waals surface area contributed by atoms with Crippen LogP contribution < -0.4 is 14.8 Å². The van der Waals surface area contributed by atoms with Crippen LogP contribution in [-0.2, 0) is 6.42 Å². The Balaban J connectivity index is 0.000000423. The summed E-state index contributed by atoms with van der Waals surface area (Å²) in [4.78, 5) is 17.0. The molecule has 0 saturated heterocycles. The lowest BCUT2D eigenvalue weighted by molar-refractivity contribution is 0.0953. The lowest BCUT2D eigenvalue weighted by Gasteiger charge is -2.10. The van der Waals surface area contributed by atoms with Gasteiger partial charge in [0.2, 0.25) is 0 Å². The van der Waals surface area contributed by atoms with E-state index in [2.05, 4.69) is 18.8 Å². The average molecular weight is 558 g/mol. The minimum atomic E-state index is -0.224. The van der Waals surface area contributed by atoms with Crippen LogP contribution in [0.5, 0.6) is 11.5 Å². The van der Waals surface area contributed by atoms with Gasteiger partial charge < -0.3 is 19.9 Å². The first-order chi connectivity index (χ1) is 18.1. The molecular weight excluding hydrogens is 523 g/mol. The number of aliphatic hydroxyl groups is 1. The topological polar surface area (TPSA) is 80.2 Å². The smallest absolute Gasteiger partial charge is 0.251 e. The first-order valence-corrected chi connectivity index (χ1v) is 12.8. The summed E-state index contributed by atoms with van der Waals surface area (Å²) in [5, 5.41) is 13.3. The summed E-state index contributed by atoms with van der Waals surface area (Å²) in [6.07, 6.45) is 1.29. The number of benzene rings is 3. The zero-order chi connectivity index (χ0) is 28.2. The van der Waals surface area contributed by atoms with Gasteiger partial charge in [0.05, 0.1) is 25.7 Å². The third kappa shape index (κ3) is 9.77. The van der Waals surface area contributed by atoms with Crippen molar-refractivity contribution in [2.24, 2.45) is 4.99 Å². The van der Waals surface area contributed by atoms with Crippen LogP contribution in [-0.4, -0.2) is 37.5 Å². The van der Waals surface area contributed by atoms with Crippen molar-refractivity contribution in [2.75, 3.05) is 20.8 Å². The number of aryl methyl sites for hydroxylation is 2. The molecule has 0 atom stereocenters. The van der Waals surface area contributed by atoms with Gasteiger partial charge in [0.15, 0.2) is 0 Å². The van der Waals surface area contributed by atoms with Gasteiger partial charge >= 0.3 is 0 Å². The molecule has 8 heteroatoms. The van der Waals surface area contributed by atoms with Gasteiger partial charge in [-0.15, -0.1) is 0 Å². The molecular formula is C30H34Cl2N2O4. The largest absolute Gasteiger partial charge is 0.513 e. The maximum atomic E-state index is 12.3. The van der Waals surface area contributed by atoms with Crippen molar-refractivity contribution >= 4 is 40.5 Å². The normalized spacial score (nSPS) is 10.8. The molecule has 3 aromatic rings. The highest BCUT2D eigenvalue weighted by Gasteiger charge is 2.10. The third-order valence-corrected chi connectivity index (χ3v) is 5.99. The van der Waals surface area contributed by atoms with Crippen LogP contribution >= 0.6 is 23.2 Å². The third-order valence-electron chi connectivity index (χ3n) is 5.56. The molecule has 0 unspecified atom stereocenters. The standard InChI is InChI=1S/C22H26N2O4.C8H8Cl2/c1-14-6-7-17(22(26)23-9-8-15(2)25)12-21(14)24-16(3)18-10-19(27-4)13-20(11-18)28-5;1-2-6-3-7(9)5-8(10)4-6/h6-7,10-13,25H,2,8-9H2,1,3-5H3,(H,23,26);3-5H,2H2,1H3. The second-order valence-corrected chi connectivity index (χ2v) is 9.38. The Morgan fingerprint density at radius 3 is 2.11 bits per heavy atom. The monoisotopic (exact) mass is 556 g/mol. The first-order valence-electron chi connectivity index (χ1n) is 12.1. The predicted octanol–water partition coefficient (Wildman–Crippen LogP) is 7.90. The molecule has 38 heavy (non-hydrogen) atoms. The molecule has 0 bridgehead atoms. The number of nitrogens with zero attached hydrogens (tertiary/aromatic N) is 1. The molecule has 2 N–H and O–H groups in total. The van der Waals surface area contributed by atoms with Crippen LogP contribution in [0.3, 0.4) is 0 Å². The SMILES string of the molecule is C=C(O)CCNC(=O)c1ccc(C)c(N=C(C)c2cc(OC)cc(OC)c2)c1.CCc1cc(Cl)cc(Cl)c1. The van der Waals surface area contributed by atoms with E-state index in [1.165, 1.54) is 5.56 Å². The van der Waals surface area contributed by atoms with Gasteiger partial charge in [0.25, 0.3) is 5.91 Å². The average Bonchev–Trinajstić information content (AvgIpc) is 2.88. The Morgan fingerprint density at radius 1 is 0.974 bits per heavy atom. The minimum absolute atomic E-state index is 0.0406. The van der Waals surface area contributed by atoms with Crippen molar-refractivity contribution in [3.63, 3.8) is 0 Å². The molecule has 0 spiro atoms. The maximum absolute atomic E-state index is 12.3. The number of ether oxygens (including phenoxy) is 2. The minimum Gasteiger partial charge on any atom is -0.513 e. The summed E-state index contributed by atoms with van der Waals surface area (Å²) < 4.78 is 10.6. The number of hydrogen-bond donors (Lipinski definition) is 2. The highest BCUT2D eigenvalue weighted by atomic mass is 35.5. The summed E-state index contributed by atoms with van der Waals surface area (Å²) in [5.74, 6) is 1.18. The van der Waals surface area contributed by atoms with E-state index in [-0.39, 0.29) is 11.7 Å². The van der Waals surface area contributed by atoms with E-state index in [1.807, 2.05) is 44.2 Å². The molecule has 3 rings (SSSR count). The van der Waals surface area contributed by atoms with Gasteiger partial charge in [-0.2, -0.15) is 0 Å². The van der Waals surface area contributed by atoms with Crippen molar-refractivity contribution < 1.29 is 19.4 Å². The molecule has 3 aromatic carbocycles. The number of aliphatic hydroxyl groups excluding tert-OH is 1. The van der Waals surface area contributed by atoms with Crippen LogP contribution in [0.15, 0.2) is 71.9 Å². The Bertz CT molecular complexity index is 1260. The van der Waals surface area contributed by atoms with Crippen LogP contribution in [0.4, 0.5) is 5.69 Å². The lowest BCUT2D eigenvalue weighted by Crippen LogP contribution is -2.24. The number of hydrogen-bond acceptors (Lipinski definition) is 5. The molecule has 0 heterocycles. The fourth-order valence-electron chi connectivity index (χ4n) is 3.37. The number of rotatable bonds is 9. The predicted molar refractivity (Wildman–Crippen MR) is 157 cm³/mol. The summed E-state index contributed by atoms with van der Waals surface area (Å²) in [5.41, 5.74) is 4.98. The number of nitrogens with one attached hydrogen (secondary N) is 1. The number of aliphatic imine (C=N–C) groups is 1. The highest BCUT2D eigenvalue weighted by molar-refractivity contribution is 6.34. The molecule has 0 fully saturated rings. The Kier molecular flexibility index (Phi) is 12.2. The lowest BCUT2D eigenvalue weighted by atomic mass is 10.1. The van der Waals surface area contributed by atoms with Crippen LogP contribution in [0, 0.1) is 6.92 Å². The van der Waals surface area contributed by atoms with Crippen LogP contribution in [0.1, 0.15) is 47.3 Å². The molecule has 0 aliphatic carbocycles. The van der Waals surface area contributed by atoms with E-state index >= 15 is 0 Å². The van der Waals surface area contributed by atoms with Crippen molar-refractivity contribution in [1.29, 1.82) is 0 Å². The molecule has 6 nitrogen and oxygen atoms in total. The van der Waals surface area contributed by atoms with E-state index < -0.39 is 0 Å². The molecule has 0 aromatic heterocycles. The fraction of sp³-hybridized carbons (Fsp3) is 0.267. The summed E-state index contributed by atoms with van der Waals surface area (Å²) in [7, 11) is 3.20. The number of methoxy groups -OCH3 is 2. The fourth-order valence-corrected chi connectivity index (χ4v) is 3.94. The van der Waals surface area contributed by atoms with E-state index in [9.17, 15) is 4.79 Å². The van der Waals surface area contributed by atoms with Gasteiger partial charge in [-0.05, 0) is 73.9 Å². The first kappa shape index (κ1) is 30.7. The van der Waals surface area contributed by atoms with E-state index in [1.54, 1.807) is 38.5 Å². The second kappa shape index (κ2) is 15.1. The number of carbonyl (C=O) groups is 1. The van der Waals surface area contributed by atoms with E-state index in [0.29, 0.717) is 45.8 Å². The van der Waals surface area contributed by atoms with Crippen molar-refractivity contribution in [3.05, 3.63) is 99.2 Å². The number of amides is 1. The van der Waals surface area contributed by atoms with Gasteiger partial charge in [0, 0.05) is 45.9 Å². The van der Waals surface area contributed by atoms with Crippen molar-refractivity contribution in [2.45, 2.75) is 33.6 Å². The quantitative estimate of drug-likeness (QED) is 0.207. The summed E-state index contributed by atoms with van der Waals surface area (Å²) in [6.45, 7) is 9.64. The Labute approximate surface area is 234 Å². The van der Waals surface area contributed by atoms with Crippen molar-refractivity contribution in [1.82, 2.24) is 5.32 Å². The second-order valence-electron chi connectivity index (χ2n) is 8.50. The van der Waals surface area contributed by atoms with Gasteiger partial charge in [-0.25, -0.2) is 0 Å². The number of carbonyl (C=O) groups excluding carboxylic acids is 1. The highest BCUT2D eigenvalue weighted by Crippen LogP contribution is 2.26. The van der Waals surface area contributed by atoms with Crippen LogP contribution in [0.2, 0.25) is 10.0 Å². The van der Waals surface area contributed by atoms with Gasteiger partial charge in [0.1, 0.15) is 11.5 Å². The Morgan fingerprint density at radius 2 is 1.58 bits per heavy atom. The summed E-state index contributed by atoms with van der Waals surface area (Å²) >= 11 is 11.5. The Hall–Kier alpha value is -3.48. The van der Waals surface area contributed by atoms with Gasteiger partial charge in [-0.1, -0.05) is 42.8 Å². The van der Waals surface area contributed by atoms with Crippen molar-refractivity contribution in [3.8, 4) is 11.5 Å². The summed E-state index contributed by atoms with van der Waals surface area (Å²) in [6, 6.07) is 16.5. The zero-order valence-electron chi connectivity index (χ0n) is 22.4. The number of halogens is 2. The maximum Gasteiger partial charge on any atom is 0.251 e. The molecule has 0 radical (unpaired) electrons. The van der Waals surface area contributed by atoms with E-state index in [0.717, 1.165) is 23.3 Å². The zero-order valence-corrected chi connectivity index (χ0v) is 23.9. The molecule has 1 amide bonds. The molecule has 0 aliphatic heterocycles.